The molecule has 2 aromatic heterocycles. The first-order chi connectivity index (χ1) is 16.1. The van der Waals surface area contributed by atoms with E-state index in [4.69, 9.17) is 4.74 Å². The fourth-order valence-corrected chi connectivity index (χ4v) is 4.11. The van der Waals surface area contributed by atoms with Crippen molar-refractivity contribution in [2.24, 2.45) is 0 Å². The van der Waals surface area contributed by atoms with Gasteiger partial charge in [0.1, 0.15) is 17.1 Å². The number of nitrogens with zero attached hydrogens (tertiary/aromatic N) is 2. The van der Waals surface area contributed by atoms with Gasteiger partial charge in [-0.15, -0.1) is 0 Å². The van der Waals surface area contributed by atoms with Crippen LogP contribution in [0, 0.1) is 5.82 Å². The molecular weight excluding hydrogens is 435 g/mol. The Morgan fingerprint density at radius 3 is 2.65 bits per heavy atom. The van der Waals surface area contributed by atoms with Crippen LogP contribution < -0.4 is 5.32 Å². The molecule has 1 aliphatic rings. The van der Waals surface area contributed by atoms with Crippen molar-refractivity contribution in [1.82, 2.24) is 20.2 Å². The number of hydrogen-bond donors (Lipinski definition) is 2. The molecule has 178 valence electrons. The number of ether oxygens (including phenoxy) is 1. The molecule has 0 atom stereocenters. The molecule has 0 saturated carbocycles. The van der Waals surface area contributed by atoms with Gasteiger partial charge in [0.15, 0.2) is 0 Å². The van der Waals surface area contributed by atoms with Gasteiger partial charge in [-0.2, -0.15) is 0 Å². The molecule has 3 aromatic rings. The van der Waals surface area contributed by atoms with Gasteiger partial charge in [-0.3, -0.25) is 14.5 Å². The predicted octanol–water partition coefficient (Wildman–Crippen LogP) is 4.16. The van der Waals surface area contributed by atoms with E-state index < -0.39 is 11.4 Å². The first-order valence-electron chi connectivity index (χ1n) is 11.3. The Labute approximate surface area is 198 Å². The number of hydrogen-bond acceptors (Lipinski definition) is 5. The lowest BCUT2D eigenvalue weighted by Crippen LogP contribution is -2.37. The lowest BCUT2D eigenvalue weighted by Gasteiger charge is -2.27. The van der Waals surface area contributed by atoms with Gasteiger partial charge in [0, 0.05) is 48.5 Å². The fraction of sp³-hybridized carbons (Fsp3) is 0.346. The number of rotatable bonds is 5. The number of nitrogens with one attached hydrogen (secondary N) is 2. The summed E-state index contributed by atoms with van der Waals surface area (Å²) in [5, 5.41) is 3.31. The van der Waals surface area contributed by atoms with E-state index in [1.807, 2.05) is 31.7 Å². The monoisotopic (exact) mass is 464 g/mol. The average Bonchev–Trinajstić information content (AvgIpc) is 3.22. The lowest BCUT2D eigenvalue weighted by molar-refractivity contribution is -0.156. The van der Waals surface area contributed by atoms with Crippen molar-refractivity contribution < 1.29 is 18.7 Å². The summed E-state index contributed by atoms with van der Waals surface area (Å²) >= 11 is 0. The second-order valence-corrected chi connectivity index (χ2v) is 9.38. The normalized spacial score (nSPS) is 14.7. The topological polar surface area (TPSA) is 87.3 Å². The largest absolute Gasteiger partial charge is 0.459 e. The zero-order valence-corrected chi connectivity index (χ0v) is 19.9. The number of pyridine rings is 1. The van der Waals surface area contributed by atoms with Crippen LogP contribution in [0.3, 0.4) is 0 Å². The van der Waals surface area contributed by atoms with E-state index in [1.165, 1.54) is 13.1 Å². The van der Waals surface area contributed by atoms with Gasteiger partial charge < -0.3 is 15.0 Å². The molecule has 0 bridgehead atoms. The summed E-state index contributed by atoms with van der Waals surface area (Å²) in [4.78, 5) is 33.8. The van der Waals surface area contributed by atoms with Crippen LogP contribution >= 0.6 is 0 Å². The van der Waals surface area contributed by atoms with Gasteiger partial charge in [-0.05, 0) is 62.6 Å². The second-order valence-electron chi connectivity index (χ2n) is 9.38. The van der Waals surface area contributed by atoms with Crippen molar-refractivity contribution in [3.05, 3.63) is 59.7 Å². The molecule has 0 spiro atoms. The number of halogens is 1. The van der Waals surface area contributed by atoms with Crippen LogP contribution in [0.1, 0.15) is 43.2 Å². The molecule has 0 fully saturated rings. The first kappa shape index (κ1) is 23.6. The summed E-state index contributed by atoms with van der Waals surface area (Å²) in [7, 11) is 1.51. The maximum absolute atomic E-state index is 14.9. The summed E-state index contributed by atoms with van der Waals surface area (Å²) in [6.07, 6.45) is 4.50. The lowest BCUT2D eigenvalue weighted by atomic mass is 10.00. The third kappa shape index (κ3) is 5.17. The number of esters is 1. The highest BCUT2D eigenvalue weighted by Crippen LogP contribution is 2.33. The number of carbonyl (C=O) groups excluding carboxylic acids is 2. The second kappa shape index (κ2) is 9.38. The molecule has 0 aliphatic carbocycles. The Balaban J connectivity index is 1.56. The third-order valence-electron chi connectivity index (χ3n) is 5.69. The molecule has 0 radical (unpaired) electrons. The van der Waals surface area contributed by atoms with E-state index in [0.29, 0.717) is 23.3 Å². The first-order valence-corrected chi connectivity index (χ1v) is 11.3. The van der Waals surface area contributed by atoms with Gasteiger partial charge in [0.05, 0.1) is 6.54 Å². The van der Waals surface area contributed by atoms with Crippen LogP contribution in [0.5, 0.6) is 0 Å². The molecule has 34 heavy (non-hydrogen) atoms. The van der Waals surface area contributed by atoms with Crippen molar-refractivity contribution in [3.8, 4) is 11.1 Å². The minimum absolute atomic E-state index is 0.228. The van der Waals surface area contributed by atoms with Gasteiger partial charge in [-0.25, -0.2) is 9.37 Å². The van der Waals surface area contributed by atoms with E-state index in [0.717, 1.165) is 29.6 Å². The summed E-state index contributed by atoms with van der Waals surface area (Å²) < 4.78 is 20.3. The van der Waals surface area contributed by atoms with Crippen LogP contribution in [-0.2, 0) is 9.53 Å². The zero-order chi connectivity index (χ0) is 24.5. The van der Waals surface area contributed by atoms with Crippen molar-refractivity contribution >= 4 is 28.5 Å². The van der Waals surface area contributed by atoms with E-state index in [-0.39, 0.29) is 24.0 Å². The van der Waals surface area contributed by atoms with Crippen molar-refractivity contribution in [3.63, 3.8) is 0 Å². The SMILES string of the molecule is CNC(=O)c1ccc(-c2ccnc3[nH]c(C4=CCN(CC(=O)OC(C)(C)C)CC4)cc23)c(F)c1. The maximum Gasteiger partial charge on any atom is 0.320 e. The number of fused-ring (bicyclic) bond motifs is 1. The number of aromatic amines is 1. The Morgan fingerprint density at radius 2 is 2.00 bits per heavy atom. The number of benzene rings is 1. The van der Waals surface area contributed by atoms with E-state index in [2.05, 4.69) is 21.4 Å². The quantitative estimate of drug-likeness (QED) is 0.554. The predicted molar refractivity (Wildman–Crippen MR) is 130 cm³/mol. The molecule has 1 aliphatic heterocycles. The minimum atomic E-state index is -0.495. The van der Waals surface area contributed by atoms with Crippen LogP contribution in [-0.4, -0.2) is 59.0 Å². The molecule has 4 rings (SSSR count). The van der Waals surface area contributed by atoms with Gasteiger partial charge in [-0.1, -0.05) is 12.1 Å². The number of carbonyl (C=O) groups is 2. The Kier molecular flexibility index (Phi) is 6.52. The zero-order valence-electron chi connectivity index (χ0n) is 19.9. The summed E-state index contributed by atoms with van der Waals surface area (Å²) in [5.74, 6) is -1.03. The Bertz CT molecular complexity index is 1270. The Morgan fingerprint density at radius 1 is 1.21 bits per heavy atom. The summed E-state index contributed by atoms with van der Waals surface area (Å²) in [5.41, 5.74) is 3.61. The Hall–Kier alpha value is -3.52. The standard InChI is InChI=1S/C26H29FN4O3/c1-26(2,3)34-23(32)15-31-11-8-16(9-12-31)22-14-20-18(7-10-29-24(20)30-22)19-6-5-17(13-21(19)27)25(33)28-4/h5-8,10,13-14H,9,11-12,15H2,1-4H3,(H,28,33)(H,29,30). The average molecular weight is 465 g/mol. The van der Waals surface area contributed by atoms with E-state index in [1.54, 1.807) is 24.4 Å². The van der Waals surface area contributed by atoms with Crippen molar-refractivity contribution in [2.45, 2.75) is 32.8 Å². The van der Waals surface area contributed by atoms with Crippen molar-refractivity contribution in [2.75, 3.05) is 26.7 Å². The molecular formula is C26H29FN4O3. The van der Waals surface area contributed by atoms with Gasteiger partial charge in [0.25, 0.3) is 5.91 Å². The van der Waals surface area contributed by atoms with E-state index in [9.17, 15) is 14.0 Å². The molecule has 0 saturated heterocycles. The third-order valence-corrected chi connectivity index (χ3v) is 5.69. The van der Waals surface area contributed by atoms with Crippen LogP contribution in [0.25, 0.3) is 27.7 Å². The highest BCUT2D eigenvalue weighted by atomic mass is 19.1. The smallest absolute Gasteiger partial charge is 0.320 e. The van der Waals surface area contributed by atoms with Crippen LogP contribution in [0.2, 0.25) is 0 Å². The number of amides is 1. The molecule has 1 amide bonds. The summed E-state index contributed by atoms with van der Waals surface area (Å²) in [6, 6.07) is 8.24. The van der Waals surface area contributed by atoms with Crippen molar-refractivity contribution in [1.29, 1.82) is 0 Å². The number of aromatic nitrogens is 2. The van der Waals surface area contributed by atoms with E-state index >= 15 is 0 Å². The highest BCUT2D eigenvalue weighted by molar-refractivity contribution is 5.97. The fourth-order valence-electron chi connectivity index (χ4n) is 4.11. The molecule has 8 heteroatoms. The van der Waals surface area contributed by atoms with Crippen LogP contribution in [0.4, 0.5) is 4.39 Å². The minimum Gasteiger partial charge on any atom is -0.459 e. The molecule has 1 aromatic carbocycles. The molecule has 0 unspecified atom stereocenters. The number of H-pyrrole nitrogens is 1. The molecule has 2 N–H and O–H groups in total. The molecule has 3 heterocycles. The highest BCUT2D eigenvalue weighted by Gasteiger charge is 2.22. The maximum atomic E-state index is 14.9. The van der Waals surface area contributed by atoms with Gasteiger partial charge >= 0.3 is 5.97 Å². The summed E-state index contributed by atoms with van der Waals surface area (Å²) in [6.45, 7) is 7.21. The molecule has 7 nitrogen and oxygen atoms in total. The van der Waals surface area contributed by atoms with Crippen LogP contribution in [0.15, 0.2) is 42.6 Å². The van der Waals surface area contributed by atoms with Gasteiger partial charge in [0.2, 0.25) is 0 Å².